The number of nitrogens with zero attached hydrogens (tertiary/aromatic N) is 1. The van der Waals surface area contributed by atoms with E-state index in [1.54, 1.807) is 0 Å². The molecule has 0 radical (unpaired) electrons. The average Bonchev–Trinajstić information content (AvgIpc) is 2.96. The van der Waals surface area contributed by atoms with Crippen LogP contribution in [0.2, 0.25) is 0 Å². The zero-order valence-electron chi connectivity index (χ0n) is 12.8. The number of hydrogen-bond donors (Lipinski definition) is 1. The number of aliphatic hydroxyl groups excluding tert-OH is 1. The van der Waals surface area contributed by atoms with E-state index >= 15 is 0 Å². The Labute approximate surface area is 131 Å². The smallest absolute Gasteiger partial charge is 0.254 e. The van der Waals surface area contributed by atoms with Crippen LogP contribution in [-0.2, 0) is 0 Å². The summed E-state index contributed by atoms with van der Waals surface area (Å²) in [4.78, 5) is 15.3. The fourth-order valence-corrected chi connectivity index (χ4v) is 3.42. The molecule has 1 aliphatic rings. The Hall–Kier alpha value is -1.31. The molecule has 114 valence electrons. The van der Waals surface area contributed by atoms with Gasteiger partial charge in [-0.3, -0.25) is 4.79 Å². The minimum atomic E-state index is 0.0783. The molecule has 1 saturated heterocycles. The summed E-state index contributed by atoms with van der Waals surface area (Å²) in [5.74, 6) is 7.45. The van der Waals surface area contributed by atoms with Gasteiger partial charge in [0, 0.05) is 24.9 Å². The average molecular weight is 305 g/mol. The van der Waals surface area contributed by atoms with Crippen LogP contribution in [-0.4, -0.2) is 35.6 Å². The lowest BCUT2D eigenvalue weighted by Gasteiger charge is -2.33. The first-order valence-electron chi connectivity index (χ1n) is 7.59. The van der Waals surface area contributed by atoms with Crippen LogP contribution < -0.4 is 0 Å². The molecule has 1 amide bonds. The molecule has 2 rings (SSSR count). The van der Waals surface area contributed by atoms with Crippen molar-refractivity contribution in [2.75, 3.05) is 19.7 Å². The molecule has 4 heteroatoms. The Kier molecular flexibility index (Phi) is 5.84. The number of amides is 1. The van der Waals surface area contributed by atoms with E-state index in [1.165, 1.54) is 11.3 Å². The van der Waals surface area contributed by atoms with Crippen LogP contribution in [0.15, 0.2) is 11.4 Å². The van der Waals surface area contributed by atoms with Crippen molar-refractivity contribution in [3.8, 4) is 11.8 Å². The number of thiophene rings is 1. The van der Waals surface area contributed by atoms with Crippen molar-refractivity contribution in [2.24, 2.45) is 11.8 Å². The molecule has 2 heterocycles. The number of carbonyl (C=O) groups is 1. The molecule has 21 heavy (non-hydrogen) atoms. The lowest BCUT2D eigenvalue weighted by molar-refractivity contribution is 0.0668. The van der Waals surface area contributed by atoms with Gasteiger partial charge < -0.3 is 10.0 Å². The molecule has 1 aromatic rings. The molecule has 1 aliphatic heterocycles. The van der Waals surface area contributed by atoms with Gasteiger partial charge in [0.05, 0.1) is 17.0 Å². The first-order chi connectivity index (χ1) is 10.1. The maximum atomic E-state index is 12.5. The number of carbonyl (C=O) groups excluding carboxylic acids is 1. The summed E-state index contributed by atoms with van der Waals surface area (Å²) >= 11 is 1.50. The molecule has 0 spiro atoms. The third kappa shape index (κ3) is 4.33. The molecule has 0 aliphatic carbocycles. The predicted molar refractivity (Wildman–Crippen MR) is 86.4 cm³/mol. The van der Waals surface area contributed by atoms with Crippen LogP contribution in [0.3, 0.4) is 0 Å². The van der Waals surface area contributed by atoms with E-state index in [4.69, 9.17) is 5.11 Å². The van der Waals surface area contributed by atoms with Crippen LogP contribution in [0.25, 0.3) is 0 Å². The third-order valence-electron chi connectivity index (χ3n) is 4.06. The van der Waals surface area contributed by atoms with Crippen LogP contribution in [0.5, 0.6) is 0 Å². The molecule has 1 fully saturated rings. The van der Waals surface area contributed by atoms with Gasteiger partial charge in [-0.2, -0.15) is 0 Å². The molecule has 0 unspecified atom stereocenters. The molecule has 0 bridgehead atoms. The Balaban J connectivity index is 1.94. The van der Waals surface area contributed by atoms with E-state index in [2.05, 4.69) is 25.7 Å². The summed E-state index contributed by atoms with van der Waals surface area (Å²) in [6.07, 6.45) is 2.69. The second-order valence-corrected chi connectivity index (χ2v) is 6.76. The number of rotatable bonds is 3. The van der Waals surface area contributed by atoms with Gasteiger partial charge in [0.2, 0.25) is 0 Å². The van der Waals surface area contributed by atoms with Crippen LogP contribution in [0.1, 0.15) is 48.3 Å². The van der Waals surface area contributed by atoms with Gasteiger partial charge in [0.25, 0.3) is 5.91 Å². The zero-order valence-corrected chi connectivity index (χ0v) is 13.6. The predicted octanol–water partition coefficient (Wildman–Crippen LogP) is 2.99. The summed E-state index contributed by atoms with van der Waals surface area (Å²) in [7, 11) is 0. The molecular weight excluding hydrogens is 282 g/mol. The fourth-order valence-electron chi connectivity index (χ4n) is 2.67. The Morgan fingerprint density at radius 1 is 1.48 bits per heavy atom. The van der Waals surface area contributed by atoms with Gasteiger partial charge in [-0.15, -0.1) is 11.3 Å². The molecule has 0 saturated carbocycles. The quantitative estimate of drug-likeness (QED) is 0.872. The third-order valence-corrected chi connectivity index (χ3v) is 4.91. The van der Waals surface area contributed by atoms with Gasteiger partial charge in [-0.25, -0.2) is 0 Å². The standard InChI is InChI=1S/C17H23NO2S/c1-13(2)14-6-8-18(9-7-14)17(20)15-11-16(21-12-15)5-3-4-10-19/h11-14,19H,4,6-10H2,1-2H3. The fraction of sp³-hybridized carbons (Fsp3) is 0.588. The van der Waals surface area contributed by atoms with Gasteiger partial charge >= 0.3 is 0 Å². The van der Waals surface area contributed by atoms with Crippen molar-refractivity contribution >= 4 is 17.2 Å². The minimum Gasteiger partial charge on any atom is -0.395 e. The van der Waals surface area contributed by atoms with Gasteiger partial charge in [0.15, 0.2) is 0 Å². The minimum absolute atomic E-state index is 0.0783. The maximum absolute atomic E-state index is 12.5. The molecular formula is C17H23NO2S. The Morgan fingerprint density at radius 2 is 2.19 bits per heavy atom. The van der Waals surface area contributed by atoms with Crippen LogP contribution in [0.4, 0.5) is 0 Å². The summed E-state index contributed by atoms with van der Waals surface area (Å²) in [6, 6.07) is 1.87. The normalized spacial score (nSPS) is 15.9. The van der Waals surface area contributed by atoms with Crippen molar-refractivity contribution in [1.29, 1.82) is 0 Å². The SMILES string of the molecule is CC(C)C1CCN(C(=O)c2csc(C#CCCO)c2)CC1. The highest BCUT2D eigenvalue weighted by molar-refractivity contribution is 7.10. The summed E-state index contributed by atoms with van der Waals surface area (Å²) in [5, 5.41) is 10.6. The van der Waals surface area contributed by atoms with Crippen molar-refractivity contribution in [1.82, 2.24) is 4.90 Å². The topological polar surface area (TPSA) is 40.5 Å². The van der Waals surface area contributed by atoms with E-state index in [0.29, 0.717) is 12.3 Å². The van der Waals surface area contributed by atoms with E-state index in [-0.39, 0.29) is 12.5 Å². The molecule has 1 aromatic heterocycles. The maximum Gasteiger partial charge on any atom is 0.254 e. The zero-order chi connectivity index (χ0) is 15.2. The number of aliphatic hydroxyl groups is 1. The molecule has 0 atom stereocenters. The largest absolute Gasteiger partial charge is 0.395 e. The highest BCUT2D eigenvalue weighted by atomic mass is 32.1. The lowest BCUT2D eigenvalue weighted by Crippen LogP contribution is -2.39. The van der Waals surface area contributed by atoms with Gasteiger partial charge in [-0.1, -0.05) is 25.7 Å². The highest BCUT2D eigenvalue weighted by Gasteiger charge is 2.25. The van der Waals surface area contributed by atoms with Crippen molar-refractivity contribution in [2.45, 2.75) is 33.1 Å². The summed E-state index contributed by atoms with van der Waals surface area (Å²) in [5.41, 5.74) is 0.747. The number of piperidine rings is 1. The first kappa shape index (κ1) is 16.1. The molecule has 3 nitrogen and oxygen atoms in total. The van der Waals surface area contributed by atoms with Gasteiger partial charge in [0.1, 0.15) is 0 Å². The second-order valence-electron chi connectivity index (χ2n) is 5.85. The van der Waals surface area contributed by atoms with E-state index in [9.17, 15) is 4.79 Å². The molecule has 1 N–H and O–H groups in total. The lowest BCUT2D eigenvalue weighted by atomic mass is 9.86. The first-order valence-corrected chi connectivity index (χ1v) is 8.47. The van der Waals surface area contributed by atoms with Crippen LogP contribution in [0, 0.1) is 23.7 Å². The monoisotopic (exact) mass is 305 g/mol. The highest BCUT2D eigenvalue weighted by Crippen LogP contribution is 2.26. The summed E-state index contributed by atoms with van der Waals surface area (Å²) < 4.78 is 0. The van der Waals surface area contributed by atoms with E-state index in [0.717, 1.165) is 42.3 Å². The second kappa shape index (κ2) is 7.63. The Morgan fingerprint density at radius 3 is 2.81 bits per heavy atom. The summed E-state index contributed by atoms with van der Waals surface area (Å²) in [6.45, 7) is 6.33. The molecule has 0 aromatic carbocycles. The van der Waals surface area contributed by atoms with Crippen molar-refractivity contribution in [3.05, 3.63) is 21.9 Å². The van der Waals surface area contributed by atoms with Crippen LogP contribution >= 0.6 is 11.3 Å². The van der Waals surface area contributed by atoms with Crippen molar-refractivity contribution < 1.29 is 9.90 Å². The van der Waals surface area contributed by atoms with E-state index < -0.39 is 0 Å². The van der Waals surface area contributed by atoms with Gasteiger partial charge in [-0.05, 0) is 30.7 Å². The number of hydrogen-bond acceptors (Lipinski definition) is 3. The van der Waals surface area contributed by atoms with Crippen molar-refractivity contribution in [3.63, 3.8) is 0 Å². The van der Waals surface area contributed by atoms with E-state index in [1.807, 2.05) is 16.3 Å². The number of likely N-dealkylation sites (tertiary alicyclic amines) is 1. The Bertz CT molecular complexity index is 530.